The summed E-state index contributed by atoms with van der Waals surface area (Å²) in [5.41, 5.74) is 0.352. The zero-order valence-corrected chi connectivity index (χ0v) is 10.7. The molecule has 3 nitrogen and oxygen atoms in total. The summed E-state index contributed by atoms with van der Waals surface area (Å²) < 4.78 is 6.55. The summed E-state index contributed by atoms with van der Waals surface area (Å²) in [6.45, 7) is 5.74. The van der Waals surface area contributed by atoms with Gasteiger partial charge in [-0.15, -0.1) is 0 Å². The Hall–Kier alpha value is -0.900. The molecular formula is C11H14BrNO2. The van der Waals surface area contributed by atoms with Gasteiger partial charge in [0.2, 0.25) is 0 Å². The summed E-state index contributed by atoms with van der Waals surface area (Å²) in [6.07, 6.45) is 0. The van der Waals surface area contributed by atoms with E-state index in [9.17, 15) is 4.91 Å². The van der Waals surface area contributed by atoms with Crippen molar-refractivity contribution in [2.75, 3.05) is 6.61 Å². The van der Waals surface area contributed by atoms with E-state index in [1.165, 1.54) is 0 Å². The van der Waals surface area contributed by atoms with Crippen LogP contribution < -0.4 is 4.74 Å². The first-order chi connectivity index (χ1) is 6.94. The second-order valence-corrected chi connectivity index (χ2v) is 5.02. The highest BCUT2D eigenvalue weighted by molar-refractivity contribution is 9.10. The lowest BCUT2D eigenvalue weighted by molar-refractivity contribution is 0.242. The molecule has 0 saturated heterocycles. The number of halogens is 1. The van der Waals surface area contributed by atoms with Crippen molar-refractivity contribution in [1.29, 1.82) is 0 Å². The molecule has 0 aliphatic carbocycles. The van der Waals surface area contributed by atoms with E-state index in [2.05, 4.69) is 21.1 Å². The van der Waals surface area contributed by atoms with Crippen LogP contribution in [-0.4, -0.2) is 12.1 Å². The Labute approximate surface area is 97.9 Å². The number of hydrogen-bond donors (Lipinski definition) is 0. The molecule has 0 heterocycles. The molecular weight excluding hydrogens is 258 g/mol. The fourth-order valence-electron chi connectivity index (χ4n) is 1.06. The average Bonchev–Trinajstić information content (AvgIpc) is 2.16. The van der Waals surface area contributed by atoms with Crippen LogP contribution in [0.1, 0.15) is 19.4 Å². The summed E-state index contributed by atoms with van der Waals surface area (Å²) >= 11 is 3.38. The Bertz CT molecular complexity index is 364. The highest BCUT2D eigenvalue weighted by atomic mass is 79.9. The Morgan fingerprint density at radius 1 is 1.47 bits per heavy atom. The Kier molecular flexibility index (Phi) is 3.85. The lowest BCUT2D eigenvalue weighted by Crippen LogP contribution is -2.25. The summed E-state index contributed by atoms with van der Waals surface area (Å²) in [6, 6.07) is 5.75. The fourth-order valence-corrected chi connectivity index (χ4v) is 1.53. The van der Waals surface area contributed by atoms with Crippen LogP contribution in [0.3, 0.4) is 0 Å². The van der Waals surface area contributed by atoms with Crippen molar-refractivity contribution < 1.29 is 4.74 Å². The number of nitroso groups, excluding NO2 is 1. The van der Waals surface area contributed by atoms with Crippen LogP contribution in [0.25, 0.3) is 0 Å². The van der Waals surface area contributed by atoms with Gasteiger partial charge in [-0.1, -0.05) is 21.1 Å². The van der Waals surface area contributed by atoms with Gasteiger partial charge >= 0.3 is 0 Å². The Morgan fingerprint density at radius 3 is 2.67 bits per heavy atom. The van der Waals surface area contributed by atoms with E-state index in [0.717, 1.165) is 15.8 Å². The van der Waals surface area contributed by atoms with Crippen LogP contribution in [-0.2, 0) is 0 Å². The largest absolute Gasteiger partial charge is 0.491 e. The minimum absolute atomic E-state index is 0.291. The minimum atomic E-state index is -0.681. The quantitative estimate of drug-likeness (QED) is 0.784. The molecule has 82 valence electrons. The fraction of sp³-hybridized carbons (Fsp3) is 0.455. The van der Waals surface area contributed by atoms with Gasteiger partial charge in [-0.2, -0.15) is 4.91 Å². The van der Waals surface area contributed by atoms with Gasteiger partial charge in [-0.05, 0) is 44.5 Å². The summed E-state index contributed by atoms with van der Waals surface area (Å²) in [5, 5.41) is 3.00. The SMILES string of the molecule is Cc1cc(Br)ccc1OCC(C)(C)N=O. The zero-order valence-electron chi connectivity index (χ0n) is 9.08. The third-order valence-electron chi connectivity index (χ3n) is 1.96. The van der Waals surface area contributed by atoms with E-state index in [1.54, 1.807) is 13.8 Å². The van der Waals surface area contributed by atoms with E-state index in [1.807, 2.05) is 25.1 Å². The molecule has 0 amide bonds. The molecule has 4 heteroatoms. The molecule has 1 rings (SSSR count). The number of hydrogen-bond acceptors (Lipinski definition) is 3. The first-order valence-electron chi connectivity index (χ1n) is 4.68. The summed E-state index contributed by atoms with van der Waals surface area (Å²) in [4.78, 5) is 10.4. The molecule has 0 aromatic heterocycles. The van der Waals surface area contributed by atoms with Crippen LogP contribution >= 0.6 is 15.9 Å². The third kappa shape index (κ3) is 3.63. The van der Waals surface area contributed by atoms with Gasteiger partial charge in [0.25, 0.3) is 0 Å². The average molecular weight is 272 g/mol. The molecule has 0 N–H and O–H groups in total. The van der Waals surface area contributed by atoms with Crippen molar-refractivity contribution in [3.8, 4) is 5.75 Å². The van der Waals surface area contributed by atoms with E-state index >= 15 is 0 Å². The monoisotopic (exact) mass is 271 g/mol. The molecule has 0 atom stereocenters. The first kappa shape index (κ1) is 12.2. The molecule has 0 aliphatic heterocycles. The first-order valence-corrected chi connectivity index (χ1v) is 5.47. The number of benzene rings is 1. The van der Waals surface area contributed by atoms with Crippen molar-refractivity contribution in [2.45, 2.75) is 26.3 Å². The second kappa shape index (κ2) is 4.75. The highest BCUT2D eigenvalue weighted by Gasteiger charge is 2.19. The van der Waals surface area contributed by atoms with Crippen molar-refractivity contribution in [3.05, 3.63) is 33.1 Å². The maximum Gasteiger partial charge on any atom is 0.131 e. The van der Waals surface area contributed by atoms with Crippen LogP contribution in [0, 0.1) is 11.8 Å². The molecule has 0 radical (unpaired) electrons. The minimum Gasteiger partial charge on any atom is -0.491 e. The van der Waals surface area contributed by atoms with Gasteiger partial charge in [0.05, 0.1) is 0 Å². The predicted molar refractivity (Wildman–Crippen MR) is 64.2 cm³/mol. The normalized spacial score (nSPS) is 11.2. The molecule has 15 heavy (non-hydrogen) atoms. The summed E-state index contributed by atoms with van der Waals surface area (Å²) in [5.74, 6) is 0.787. The third-order valence-corrected chi connectivity index (χ3v) is 2.46. The van der Waals surface area contributed by atoms with Gasteiger partial charge in [0.15, 0.2) is 0 Å². The lowest BCUT2D eigenvalue weighted by Gasteiger charge is -2.17. The van der Waals surface area contributed by atoms with Crippen LogP contribution in [0.15, 0.2) is 27.8 Å². The van der Waals surface area contributed by atoms with E-state index < -0.39 is 5.54 Å². The van der Waals surface area contributed by atoms with Crippen LogP contribution in [0.5, 0.6) is 5.75 Å². The van der Waals surface area contributed by atoms with Gasteiger partial charge in [0.1, 0.15) is 17.9 Å². The molecule has 1 aromatic carbocycles. The van der Waals surface area contributed by atoms with Crippen molar-refractivity contribution in [3.63, 3.8) is 0 Å². The van der Waals surface area contributed by atoms with Gasteiger partial charge in [-0.25, -0.2) is 0 Å². The van der Waals surface area contributed by atoms with Crippen molar-refractivity contribution >= 4 is 15.9 Å². The van der Waals surface area contributed by atoms with E-state index in [0.29, 0.717) is 6.61 Å². The number of nitrogens with zero attached hydrogens (tertiary/aromatic N) is 1. The van der Waals surface area contributed by atoms with Gasteiger partial charge in [0, 0.05) is 4.47 Å². The number of rotatable bonds is 4. The highest BCUT2D eigenvalue weighted by Crippen LogP contribution is 2.23. The van der Waals surface area contributed by atoms with Gasteiger partial charge in [-0.3, -0.25) is 0 Å². The Morgan fingerprint density at radius 2 is 2.13 bits per heavy atom. The predicted octanol–water partition coefficient (Wildman–Crippen LogP) is 3.68. The maximum absolute atomic E-state index is 10.4. The van der Waals surface area contributed by atoms with Crippen molar-refractivity contribution in [2.24, 2.45) is 5.18 Å². The van der Waals surface area contributed by atoms with Crippen LogP contribution in [0.4, 0.5) is 0 Å². The van der Waals surface area contributed by atoms with E-state index in [4.69, 9.17) is 4.74 Å². The number of aryl methyl sites for hydroxylation is 1. The lowest BCUT2D eigenvalue weighted by atomic mass is 10.1. The zero-order chi connectivity index (χ0) is 11.5. The topological polar surface area (TPSA) is 38.7 Å². The summed E-state index contributed by atoms with van der Waals surface area (Å²) in [7, 11) is 0. The molecule has 0 saturated carbocycles. The Balaban J connectivity index is 2.70. The smallest absolute Gasteiger partial charge is 0.131 e. The van der Waals surface area contributed by atoms with E-state index in [-0.39, 0.29) is 0 Å². The molecule has 0 aliphatic rings. The molecule has 0 bridgehead atoms. The van der Waals surface area contributed by atoms with Crippen LogP contribution in [0.2, 0.25) is 0 Å². The number of ether oxygens (including phenoxy) is 1. The molecule has 1 aromatic rings. The molecule has 0 fully saturated rings. The standard InChI is InChI=1S/C11H14BrNO2/c1-8-6-9(12)4-5-10(8)15-7-11(2,3)13-14/h4-6H,7H2,1-3H3. The maximum atomic E-state index is 10.4. The van der Waals surface area contributed by atoms with Gasteiger partial charge < -0.3 is 4.74 Å². The van der Waals surface area contributed by atoms with Crippen molar-refractivity contribution in [1.82, 2.24) is 0 Å². The molecule has 0 unspecified atom stereocenters. The molecule has 0 spiro atoms. The second-order valence-electron chi connectivity index (χ2n) is 4.10.